The minimum Gasteiger partial charge on any atom is -0.340 e. The number of ketones is 1. The Kier molecular flexibility index (Phi) is 5.63. The summed E-state index contributed by atoms with van der Waals surface area (Å²) in [6, 6.07) is 14.2. The SMILES string of the molecule is CC(=O)c1cccc(NC(=O)c2ccc(Nc3cccc(C(F)(F)F)c3)nc2)c1. The Labute approximate surface area is 164 Å². The van der Waals surface area contributed by atoms with E-state index in [0.717, 1.165) is 12.1 Å². The van der Waals surface area contributed by atoms with E-state index >= 15 is 0 Å². The summed E-state index contributed by atoms with van der Waals surface area (Å²) in [5, 5.41) is 5.44. The predicted molar refractivity (Wildman–Crippen MR) is 103 cm³/mol. The van der Waals surface area contributed by atoms with Gasteiger partial charge in [-0.3, -0.25) is 9.59 Å². The molecule has 8 heteroatoms. The lowest BCUT2D eigenvalue weighted by Crippen LogP contribution is -2.12. The fraction of sp³-hybridized carbons (Fsp3) is 0.0952. The molecular weight excluding hydrogens is 383 g/mol. The number of pyridine rings is 1. The molecule has 0 unspecified atom stereocenters. The highest BCUT2D eigenvalue weighted by molar-refractivity contribution is 6.05. The Morgan fingerprint density at radius 3 is 2.28 bits per heavy atom. The molecule has 2 N–H and O–H groups in total. The van der Waals surface area contributed by atoms with Gasteiger partial charge in [0.05, 0.1) is 11.1 Å². The maximum Gasteiger partial charge on any atom is 0.416 e. The number of carbonyl (C=O) groups excluding carboxylic acids is 2. The smallest absolute Gasteiger partial charge is 0.340 e. The van der Waals surface area contributed by atoms with Crippen molar-refractivity contribution in [1.29, 1.82) is 0 Å². The average Bonchev–Trinajstić information content (AvgIpc) is 2.68. The topological polar surface area (TPSA) is 71.1 Å². The van der Waals surface area contributed by atoms with Gasteiger partial charge in [0.25, 0.3) is 5.91 Å². The van der Waals surface area contributed by atoms with E-state index in [4.69, 9.17) is 0 Å². The molecule has 0 saturated heterocycles. The molecule has 3 rings (SSSR count). The van der Waals surface area contributed by atoms with Gasteiger partial charge in [0.1, 0.15) is 5.82 Å². The predicted octanol–water partition coefficient (Wildman–Crippen LogP) is 5.30. The number of nitrogens with one attached hydrogen (secondary N) is 2. The maximum absolute atomic E-state index is 12.8. The number of Topliss-reactive ketones (excluding diaryl/α,β-unsaturated/α-hetero) is 1. The van der Waals surface area contributed by atoms with E-state index in [1.807, 2.05) is 0 Å². The van der Waals surface area contributed by atoms with Crippen molar-refractivity contribution >= 4 is 28.9 Å². The van der Waals surface area contributed by atoms with Crippen LogP contribution in [0, 0.1) is 0 Å². The first kappa shape index (κ1) is 20.1. The van der Waals surface area contributed by atoms with Crippen LogP contribution in [0.5, 0.6) is 0 Å². The van der Waals surface area contributed by atoms with Crippen molar-refractivity contribution in [3.05, 3.63) is 83.6 Å². The number of benzene rings is 2. The van der Waals surface area contributed by atoms with Crippen molar-refractivity contribution in [3.8, 4) is 0 Å². The second kappa shape index (κ2) is 8.14. The molecule has 0 aliphatic carbocycles. The molecule has 5 nitrogen and oxygen atoms in total. The number of anilines is 3. The molecule has 1 heterocycles. The van der Waals surface area contributed by atoms with E-state index in [-0.39, 0.29) is 17.0 Å². The van der Waals surface area contributed by atoms with Crippen molar-refractivity contribution in [1.82, 2.24) is 4.98 Å². The zero-order valence-electron chi connectivity index (χ0n) is 15.2. The van der Waals surface area contributed by atoms with Crippen LogP contribution in [0.25, 0.3) is 0 Å². The summed E-state index contributed by atoms with van der Waals surface area (Å²) in [4.78, 5) is 27.8. The number of rotatable bonds is 5. The quantitative estimate of drug-likeness (QED) is 0.571. The molecule has 1 aromatic heterocycles. The molecule has 0 aliphatic rings. The van der Waals surface area contributed by atoms with Crippen molar-refractivity contribution in [3.63, 3.8) is 0 Å². The maximum atomic E-state index is 12.8. The van der Waals surface area contributed by atoms with Crippen molar-refractivity contribution in [2.75, 3.05) is 10.6 Å². The van der Waals surface area contributed by atoms with Crippen LogP contribution < -0.4 is 10.6 Å². The number of alkyl halides is 3. The fourth-order valence-corrected chi connectivity index (χ4v) is 2.54. The Balaban J connectivity index is 1.69. The Morgan fingerprint density at radius 2 is 1.62 bits per heavy atom. The molecule has 0 radical (unpaired) electrons. The van der Waals surface area contributed by atoms with Crippen LogP contribution in [0.1, 0.15) is 33.2 Å². The molecule has 0 spiro atoms. The molecule has 29 heavy (non-hydrogen) atoms. The number of halogens is 3. The number of nitrogens with zero attached hydrogens (tertiary/aromatic N) is 1. The van der Waals surface area contributed by atoms with E-state index in [1.54, 1.807) is 24.3 Å². The van der Waals surface area contributed by atoms with Crippen LogP contribution in [-0.2, 0) is 6.18 Å². The average molecular weight is 399 g/mol. The molecule has 0 bridgehead atoms. The van der Waals surface area contributed by atoms with Crippen LogP contribution >= 0.6 is 0 Å². The third kappa shape index (κ3) is 5.19. The van der Waals surface area contributed by atoms with Crippen LogP contribution in [0.3, 0.4) is 0 Å². The summed E-state index contributed by atoms with van der Waals surface area (Å²) >= 11 is 0. The molecule has 1 amide bonds. The fourth-order valence-electron chi connectivity index (χ4n) is 2.54. The second-order valence-corrected chi connectivity index (χ2v) is 6.23. The molecule has 0 aliphatic heterocycles. The molecule has 0 atom stereocenters. The van der Waals surface area contributed by atoms with Gasteiger partial charge >= 0.3 is 6.18 Å². The first-order valence-electron chi connectivity index (χ1n) is 8.55. The van der Waals surface area contributed by atoms with Crippen molar-refractivity contribution in [2.45, 2.75) is 13.1 Å². The first-order valence-corrected chi connectivity index (χ1v) is 8.55. The minimum atomic E-state index is -4.44. The monoisotopic (exact) mass is 399 g/mol. The zero-order chi connectivity index (χ0) is 21.0. The number of carbonyl (C=O) groups is 2. The van der Waals surface area contributed by atoms with Crippen LogP contribution in [0.2, 0.25) is 0 Å². The van der Waals surface area contributed by atoms with Crippen molar-refractivity contribution < 1.29 is 22.8 Å². The summed E-state index contributed by atoms with van der Waals surface area (Å²) in [5.74, 6) is -0.254. The summed E-state index contributed by atoms with van der Waals surface area (Å²) in [6.45, 7) is 1.43. The number of hydrogen-bond donors (Lipinski definition) is 2. The van der Waals surface area contributed by atoms with Gasteiger partial charge in [-0.25, -0.2) is 4.98 Å². The molecule has 2 aromatic carbocycles. The van der Waals surface area contributed by atoms with Gasteiger partial charge in [-0.1, -0.05) is 18.2 Å². The van der Waals surface area contributed by atoms with E-state index in [0.29, 0.717) is 17.1 Å². The summed E-state index contributed by atoms with van der Waals surface area (Å²) in [7, 11) is 0. The van der Waals surface area contributed by atoms with Crippen LogP contribution in [0.4, 0.5) is 30.4 Å². The van der Waals surface area contributed by atoms with Crippen LogP contribution in [-0.4, -0.2) is 16.7 Å². The number of amides is 1. The lowest BCUT2D eigenvalue weighted by molar-refractivity contribution is -0.137. The van der Waals surface area contributed by atoms with Gasteiger partial charge in [0, 0.05) is 23.1 Å². The summed E-state index contributed by atoms with van der Waals surface area (Å²) in [5.41, 5.74) is 0.653. The van der Waals surface area contributed by atoms with Gasteiger partial charge in [0.2, 0.25) is 0 Å². The Bertz CT molecular complexity index is 1050. The third-order valence-corrected chi connectivity index (χ3v) is 4.01. The molecule has 0 fully saturated rings. The van der Waals surface area contributed by atoms with Gasteiger partial charge in [0.15, 0.2) is 5.78 Å². The van der Waals surface area contributed by atoms with Gasteiger partial charge in [-0.15, -0.1) is 0 Å². The van der Waals surface area contributed by atoms with E-state index < -0.39 is 17.6 Å². The lowest BCUT2D eigenvalue weighted by atomic mass is 10.1. The van der Waals surface area contributed by atoms with Gasteiger partial charge < -0.3 is 10.6 Å². The Hall–Kier alpha value is -3.68. The Morgan fingerprint density at radius 1 is 0.897 bits per heavy atom. The van der Waals surface area contributed by atoms with Crippen LogP contribution in [0.15, 0.2) is 66.9 Å². The molecule has 0 saturated carbocycles. The van der Waals surface area contributed by atoms with Gasteiger partial charge in [-0.2, -0.15) is 13.2 Å². The second-order valence-electron chi connectivity index (χ2n) is 6.23. The molecule has 3 aromatic rings. The van der Waals surface area contributed by atoms with E-state index in [1.165, 1.54) is 37.4 Å². The highest BCUT2D eigenvalue weighted by Gasteiger charge is 2.30. The third-order valence-electron chi connectivity index (χ3n) is 4.01. The summed E-state index contributed by atoms with van der Waals surface area (Å²) in [6.07, 6.45) is -3.13. The normalized spacial score (nSPS) is 11.0. The van der Waals surface area contributed by atoms with Gasteiger partial charge in [-0.05, 0) is 49.4 Å². The highest BCUT2D eigenvalue weighted by atomic mass is 19.4. The first-order chi connectivity index (χ1) is 13.7. The number of hydrogen-bond acceptors (Lipinski definition) is 4. The summed E-state index contributed by atoms with van der Waals surface area (Å²) < 4.78 is 38.4. The standard InChI is InChI=1S/C21H16F3N3O2/c1-13(28)14-4-2-6-17(10-14)27-20(29)15-8-9-19(25-12-15)26-18-7-3-5-16(11-18)21(22,23)24/h2-12H,1H3,(H,25,26)(H,27,29). The van der Waals surface area contributed by atoms with E-state index in [9.17, 15) is 22.8 Å². The number of aromatic nitrogens is 1. The van der Waals surface area contributed by atoms with Crippen molar-refractivity contribution in [2.24, 2.45) is 0 Å². The van der Waals surface area contributed by atoms with E-state index in [2.05, 4.69) is 15.6 Å². The zero-order valence-corrected chi connectivity index (χ0v) is 15.2. The highest BCUT2D eigenvalue weighted by Crippen LogP contribution is 2.31. The lowest BCUT2D eigenvalue weighted by Gasteiger charge is -2.11. The molecule has 148 valence electrons. The molecular formula is C21H16F3N3O2. The largest absolute Gasteiger partial charge is 0.416 e. The minimum absolute atomic E-state index is 0.118.